The second kappa shape index (κ2) is 8.28. The zero-order valence-electron chi connectivity index (χ0n) is 10.4. The number of rotatable bonds is 8. The van der Waals surface area contributed by atoms with Gasteiger partial charge in [-0.2, -0.15) is 0 Å². The Morgan fingerprint density at radius 2 is 1.64 bits per heavy atom. The third-order valence-corrected chi connectivity index (χ3v) is 2.88. The Morgan fingerprint density at radius 1 is 1.00 bits per heavy atom. The van der Waals surface area contributed by atoms with Gasteiger partial charge in [-0.1, -0.05) is 53.4 Å². The highest BCUT2D eigenvalue weighted by Crippen LogP contribution is 2.18. The molecule has 1 N–H and O–H groups in total. The molecule has 86 valence electrons. The fourth-order valence-corrected chi connectivity index (χ4v) is 1.80. The fourth-order valence-electron chi connectivity index (χ4n) is 1.80. The minimum Gasteiger partial charge on any atom is -0.393 e. The first kappa shape index (κ1) is 14.0. The van der Waals surface area contributed by atoms with Crippen molar-refractivity contribution in [3.8, 4) is 0 Å². The number of aliphatic hydroxyl groups is 1. The maximum Gasteiger partial charge on any atom is 0.0568 e. The zero-order chi connectivity index (χ0) is 11.0. The van der Waals surface area contributed by atoms with Gasteiger partial charge < -0.3 is 5.11 Å². The lowest BCUT2D eigenvalue weighted by Crippen LogP contribution is -2.19. The van der Waals surface area contributed by atoms with Crippen molar-refractivity contribution in [2.45, 2.75) is 72.3 Å². The maximum atomic E-state index is 9.84. The molecule has 0 rings (SSSR count). The van der Waals surface area contributed by atoms with E-state index in [2.05, 4.69) is 27.7 Å². The van der Waals surface area contributed by atoms with Crippen LogP contribution in [0.4, 0.5) is 0 Å². The van der Waals surface area contributed by atoms with E-state index in [1.165, 1.54) is 32.1 Å². The van der Waals surface area contributed by atoms with Crippen molar-refractivity contribution in [3.63, 3.8) is 0 Å². The molecule has 0 aromatic heterocycles. The van der Waals surface area contributed by atoms with E-state index in [-0.39, 0.29) is 6.10 Å². The molecule has 0 fully saturated rings. The van der Waals surface area contributed by atoms with E-state index in [4.69, 9.17) is 0 Å². The summed E-state index contributed by atoms with van der Waals surface area (Å²) < 4.78 is 0. The summed E-state index contributed by atoms with van der Waals surface area (Å²) in [5, 5.41) is 9.84. The number of aliphatic hydroxyl groups excluding tert-OH is 1. The van der Waals surface area contributed by atoms with Crippen LogP contribution >= 0.6 is 0 Å². The van der Waals surface area contributed by atoms with Crippen molar-refractivity contribution in [2.24, 2.45) is 11.8 Å². The molecule has 0 amide bonds. The van der Waals surface area contributed by atoms with Crippen LogP contribution in [0, 0.1) is 11.8 Å². The monoisotopic (exact) mass is 200 g/mol. The van der Waals surface area contributed by atoms with Crippen LogP contribution in [0.5, 0.6) is 0 Å². The summed E-state index contributed by atoms with van der Waals surface area (Å²) in [6.45, 7) is 8.76. The van der Waals surface area contributed by atoms with Gasteiger partial charge in [0.2, 0.25) is 0 Å². The Balaban J connectivity index is 3.46. The van der Waals surface area contributed by atoms with Crippen LogP contribution in [0.25, 0.3) is 0 Å². The van der Waals surface area contributed by atoms with Gasteiger partial charge >= 0.3 is 0 Å². The van der Waals surface area contributed by atoms with Crippen LogP contribution in [-0.2, 0) is 0 Å². The minimum atomic E-state index is -0.0865. The molecule has 0 saturated carbocycles. The summed E-state index contributed by atoms with van der Waals surface area (Å²) in [5.74, 6) is 1.09. The summed E-state index contributed by atoms with van der Waals surface area (Å²) in [7, 11) is 0. The average Bonchev–Trinajstić information content (AvgIpc) is 2.11. The van der Waals surface area contributed by atoms with Gasteiger partial charge in [0.05, 0.1) is 6.10 Å². The largest absolute Gasteiger partial charge is 0.393 e. The molecular formula is C13H28O. The lowest BCUT2D eigenvalue weighted by atomic mass is 9.91. The number of hydrogen-bond acceptors (Lipinski definition) is 1. The summed E-state index contributed by atoms with van der Waals surface area (Å²) in [4.78, 5) is 0. The van der Waals surface area contributed by atoms with Crippen LogP contribution in [0.2, 0.25) is 0 Å². The molecule has 0 aliphatic carbocycles. The summed E-state index contributed by atoms with van der Waals surface area (Å²) >= 11 is 0. The van der Waals surface area contributed by atoms with Crippen LogP contribution < -0.4 is 0 Å². The van der Waals surface area contributed by atoms with Gasteiger partial charge in [-0.3, -0.25) is 0 Å². The molecular weight excluding hydrogens is 172 g/mol. The predicted molar refractivity (Wildman–Crippen MR) is 63.4 cm³/mol. The van der Waals surface area contributed by atoms with Crippen molar-refractivity contribution < 1.29 is 5.11 Å². The summed E-state index contributed by atoms with van der Waals surface area (Å²) in [5.41, 5.74) is 0. The van der Waals surface area contributed by atoms with Crippen molar-refractivity contribution >= 4 is 0 Å². The van der Waals surface area contributed by atoms with E-state index >= 15 is 0 Å². The molecule has 0 saturated heterocycles. The molecule has 0 aromatic carbocycles. The fraction of sp³-hybridized carbons (Fsp3) is 1.00. The first-order valence-electron chi connectivity index (χ1n) is 6.26. The predicted octanol–water partition coefficient (Wildman–Crippen LogP) is 4.00. The Bertz CT molecular complexity index is 120. The standard InChI is InChI=1S/C13H28O/c1-5-6-7-8-9-12(4)13(14)10-11(2)3/h11-14H,5-10H2,1-4H3. The first-order chi connectivity index (χ1) is 6.57. The summed E-state index contributed by atoms with van der Waals surface area (Å²) in [6, 6.07) is 0. The zero-order valence-corrected chi connectivity index (χ0v) is 10.4. The molecule has 2 unspecified atom stereocenters. The highest BCUT2D eigenvalue weighted by atomic mass is 16.3. The van der Waals surface area contributed by atoms with Gasteiger partial charge in [-0.05, 0) is 24.7 Å². The van der Waals surface area contributed by atoms with E-state index in [9.17, 15) is 5.11 Å². The van der Waals surface area contributed by atoms with Gasteiger partial charge in [0.1, 0.15) is 0 Å². The second-order valence-corrected chi connectivity index (χ2v) is 5.02. The molecule has 1 heteroatoms. The number of hydrogen-bond donors (Lipinski definition) is 1. The van der Waals surface area contributed by atoms with Crippen LogP contribution in [-0.4, -0.2) is 11.2 Å². The lowest BCUT2D eigenvalue weighted by molar-refractivity contribution is 0.0890. The molecule has 0 aliphatic heterocycles. The molecule has 0 bridgehead atoms. The van der Waals surface area contributed by atoms with Gasteiger partial charge in [0.25, 0.3) is 0 Å². The maximum absolute atomic E-state index is 9.84. The third-order valence-electron chi connectivity index (χ3n) is 2.88. The van der Waals surface area contributed by atoms with E-state index in [1.807, 2.05) is 0 Å². The molecule has 0 radical (unpaired) electrons. The van der Waals surface area contributed by atoms with Crippen LogP contribution in [0.15, 0.2) is 0 Å². The Kier molecular flexibility index (Phi) is 8.26. The average molecular weight is 200 g/mol. The van der Waals surface area contributed by atoms with E-state index in [1.54, 1.807) is 0 Å². The Hall–Kier alpha value is -0.0400. The molecule has 0 aromatic rings. The minimum absolute atomic E-state index is 0.0865. The lowest BCUT2D eigenvalue weighted by Gasteiger charge is -2.20. The molecule has 0 aliphatic rings. The van der Waals surface area contributed by atoms with E-state index in [0.717, 1.165) is 6.42 Å². The molecule has 14 heavy (non-hydrogen) atoms. The quantitative estimate of drug-likeness (QED) is 0.587. The molecule has 0 heterocycles. The SMILES string of the molecule is CCCCCCC(C)C(O)CC(C)C. The van der Waals surface area contributed by atoms with Crippen molar-refractivity contribution in [2.75, 3.05) is 0 Å². The Morgan fingerprint density at radius 3 is 2.14 bits per heavy atom. The first-order valence-corrected chi connectivity index (χ1v) is 6.26. The van der Waals surface area contributed by atoms with Crippen LogP contribution in [0.3, 0.4) is 0 Å². The number of unbranched alkanes of at least 4 members (excludes halogenated alkanes) is 3. The van der Waals surface area contributed by atoms with Gasteiger partial charge in [-0.15, -0.1) is 0 Å². The normalized spacial score (nSPS) is 15.9. The summed E-state index contributed by atoms with van der Waals surface area (Å²) in [6.07, 6.45) is 7.30. The second-order valence-electron chi connectivity index (χ2n) is 5.02. The van der Waals surface area contributed by atoms with Crippen molar-refractivity contribution in [1.29, 1.82) is 0 Å². The topological polar surface area (TPSA) is 20.2 Å². The third kappa shape index (κ3) is 7.37. The highest BCUT2D eigenvalue weighted by molar-refractivity contribution is 4.66. The molecule has 1 nitrogen and oxygen atoms in total. The van der Waals surface area contributed by atoms with Gasteiger partial charge in [-0.25, -0.2) is 0 Å². The van der Waals surface area contributed by atoms with Crippen molar-refractivity contribution in [3.05, 3.63) is 0 Å². The Labute approximate surface area is 89.9 Å². The van der Waals surface area contributed by atoms with Crippen LogP contribution in [0.1, 0.15) is 66.2 Å². The molecule has 0 spiro atoms. The highest BCUT2D eigenvalue weighted by Gasteiger charge is 2.14. The smallest absolute Gasteiger partial charge is 0.0568 e. The van der Waals surface area contributed by atoms with E-state index in [0.29, 0.717) is 11.8 Å². The molecule has 2 atom stereocenters. The van der Waals surface area contributed by atoms with Gasteiger partial charge in [0, 0.05) is 0 Å². The van der Waals surface area contributed by atoms with E-state index < -0.39 is 0 Å². The van der Waals surface area contributed by atoms with Gasteiger partial charge in [0.15, 0.2) is 0 Å². The van der Waals surface area contributed by atoms with Crippen molar-refractivity contribution in [1.82, 2.24) is 0 Å².